The predicted molar refractivity (Wildman–Crippen MR) is 101 cm³/mol. The molecule has 7 nitrogen and oxygen atoms in total. The van der Waals surface area contributed by atoms with Crippen molar-refractivity contribution in [3.8, 4) is 0 Å². The smallest absolute Gasteiger partial charge is 0.250 e. The molecule has 2 aliphatic heterocycles. The Bertz CT molecular complexity index is 760. The number of aryl methyl sites for hydroxylation is 1. The Labute approximate surface area is 159 Å². The van der Waals surface area contributed by atoms with E-state index < -0.39 is 5.54 Å². The van der Waals surface area contributed by atoms with Crippen LogP contribution in [0.4, 0.5) is 0 Å². The van der Waals surface area contributed by atoms with Crippen LogP contribution in [0.1, 0.15) is 37.8 Å². The van der Waals surface area contributed by atoms with Crippen molar-refractivity contribution >= 4 is 11.8 Å². The lowest BCUT2D eigenvalue weighted by molar-refractivity contribution is -0.156. The number of methoxy groups -OCH3 is 1. The minimum Gasteiger partial charge on any atom is -0.383 e. The van der Waals surface area contributed by atoms with Crippen LogP contribution in [0.3, 0.4) is 0 Å². The van der Waals surface area contributed by atoms with Crippen LogP contribution < -0.4 is 5.56 Å². The summed E-state index contributed by atoms with van der Waals surface area (Å²) in [5.41, 5.74) is 0.0455. The number of carbonyl (C=O) groups excluding carboxylic acids is 2. The first-order valence-electron chi connectivity index (χ1n) is 9.75. The molecule has 1 aromatic heterocycles. The summed E-state index contributed by atoms with van der Waals surface area (Å²) in [7, 11) is 1.63. The Hall–Kier alpha value is -2.15. The molecule has 2 amide bonds. The van der Waals surface area contributed by atoms with Gasteiger partial charge in [-0.3, -0.25) is 14.4 Å². The molecule has 1 atom stereocenters. The van der Waals surface area contributed by atoms with E-state index in [9.17, 15) is 14.4 Å². The Morgan fingerprint density at radius 2 is 1.89 bits per heavy atom. The summed E-state index contributed by atoms with van der Waals surface area (Å²) >= 11 is 0. The van der Waals surface area contributed by atoms with Gasteiger partial charge in [-0.15, -0.1) is 0 Å². The lowest BCUT2D eigenvalue weighted by Crippen LogP contribution is -2.61. The number of likely N-dealkylation sites (tertiary alicyclic amines) is 2. The van der Waals surface area contributed by atoms with E-state index in [0.717, 1.165) is 37.9 Å². The molecule has 0 aliphatic carbocycles. The van der Waals surface area contributed by atoms with E-state index >= 15 is 0 Å². The molecule has 2 saturated heterocycles. The molecule has 0 saturated carbocycles. The molecule has 3 heterocycles. The van der Waals surface area contributed by atoms with Gasteiger partial charge in [0.2, 0.25) is 11.8 Å². The highest BCUT2D eigenvalue weighted by Crippen LogP contribution is 2.38. The molecule has 1 aromatic rings. The number of piperidine rings is 1. The van der Waals surface area contributed by atoms with Crippen molar-refractivity contribution in [2.45, 2.75) is 51.1 Å². The van der Waals surface area contributed by atoms with Crippen molar-refractivity contribution in [2.24, 2.45) is 0 Å². The molecule has 0 bridgehead atoms. The number of hydrogen-bond acceptors (Lipinski definition) is 4. The van der Waals surface area contributed by atoms with Crippen molar-refractivity contribution < 1.29 is 14.3 Å². The Morgan fingerprint density at radius 3 is 2.59 bits per heavy atom. The zero-order chi connectivity index (χ0) is 19.4. The van der Waals surface area contributed by atoms with Crippen molar-refractivity contribution in [3.05, 3.63) is 34.2 Å². The van der Waals surface area contributed by atoms with Gasteiger partial charge in [0, 0.05) is 51.5 Å². The number of rotatable bonds is 6. The summed E-state index contributed by atoms with van der Waals surface area (Å²) < 4.78 is 6.74. The summed E-state index contributed by atoms with van der Waals surface area (Å²) in [4.78, 5) is 41.8. The highest BCUT2D eigenvalue weighted by molar-refractivity contribution is 5.92. The average molecular weight is 375 g/mol. The zero-order valence-corrected chi connectivity index (χ0v) is 16.3. The Morgan fingerprint density at radius 1 is 1.15 bits per heavy atom. The number of pyridine rings is 1. The Kier molecular flexibility index (Phi) is 5.99. The van der Waals surface area contributed by atoms with E-state index in [-0.39, 0.29) is 23.8 Å². The third-order valence-electron chi connectivity index (χ3n) is 5.88. The van der Waals surface area contributed by atoms with Crippen molar-refractivity contribution in [1.82, 2.24) is 14.4 Å². The van der Waals surface area contributed by atoms with Gasteiger partial charge in [0.25, 0.3) is 5.56 Å². The quantitative estimate of drug-likeness (QED) is 0.748. The van der Waals surface area contributed by atoms with Crippen LogP contribution in [0.25, 0.3) is 0 Å². The van der Waals surface area contributed by atoms with Crippen LogP contribution in [0.5, 0.6) is 0 Å². The van der Waals surface area contributed by atoms with E-state index in [1.54, 1.807) is 22.6 Å². The summed E-state index contributed by atoms with van der Waals surface area (Å²) in [5, 5.41) is 0. The van der Waals surface area contributed by atoms with Crippen LogP contribution in [0, 0.1) is 6.92 Å². The number of aromatic nitrogens is 1. The van der Waals surface area contributed by atoms with Crippen LogP contribution in [-0.4, -0.2) is 65.1 Å². The van der Waals surface area contributed by atoms with Crippen molar-refractivity contribution in [1.29, 1.82) is 0 Å². The molecule has 1 spiro atoms. The molecule has 0 radical (unpaired) electrons. The van der Waals surface area contributed by atoms with Gasteiger partial charge in [-0.1, -0.05) is 6.07 Å². The molecule has 0 aromatic carbocycles. The van der Waals surface area contributed by atoms with Crippen LogP contribution >= 0.6 is 0 Å². The van der Waals surface area contributed by atoms with E-state index in [0.29, 0.717) is 26.2 Å². The van der Waals surface area contributed by atoms with Crippen LogP contribution in [0.15, 0.2) is 23.0 Å². The number of hydrogen-bond donors (Lipinski definition) is 0. The topological polar surface area (TPSA) is 71.8 Å². The van der Waals surface area contributed by atoms with E-state index in [1.165, 1.54) is 6.07 Å². The SMILES string of the molecule is COCCN1CCCC2(CCCN2C(=O)CCn2c(C)cccc2=O)C1=O. The molecule has 7 heteroatoms. The fourth-order valence-corrected chi connectivity index (χ4v) is 4.46. The second-order valence-corrected chi connectivity index (χ2v) is 7.48. The molecule has 3 rings (SSSR count). The third kappa shape index (κ3) is 3.78. The zero-order valence-electron chi connectivity index (χ0n) is 16.3. The number of nitrogens with zero attached hydrogens (tertiary/aromatic N) is 3. The third-order valence-corrected chi connectivity index (χ3v) is 5.88. The number of carbonyl (C=O) groups is 2. The summed E-state index contributed by atoms with van der Waals surface area (Å²) in [6.45, 7) is 4.62. The first-order valence-corrected chi connectivity index (χ1v) is 9.75. The molecule has 148 valence electrons. The van der Waals surface area contributed by atoms with Gasteiger partial charge in [-0.2, -0.15) is 0 Å². The fourth-order valence-electron chi connectivity index (χ4n) is 4.46. The highest BCUT2D eigenvalue weighted by atomic mass is 16.5. The van der Waals surface area contributed by atoms with Gasteiger partial charge in [-0.05, 0) is 38.7 Å². The molecule has 27 heavy (non-hydrogen) atoms. The summed E-state index contributed by atoms with van der Waals surface area (Å²) in [6, 6.07) is 5.09. The second-order valence-electron chi connectivity index (χ2n) is 7.48. The molecular weight excluding hydrogens is 346 g/mol. The van der Waals surface area contributed by atoms with Gasteiger partial charge < -0.3 is 19.1 Å². The maximum Gasteiger partial charge on any atom is 0.250 e. The monoisotopic (exact) mass is 375 g/mol. The summed E-state index contributed by atoms with van der Waals surface area (Å²) in [5.74, 6) is 0.0225. The fraction of sp³-hybridized carbons (Fsp3) is 0.650. The first kappa shape index (κ1) is 19.6. The lowest BCUT2D eigenvalue weighted by atomic mass is 9.85. The Balaban J connectivity index is 1.72. The standard InChI is InChI=1S/C20H29N3O4/c1-16-6-3-7-17(24)22(16)13-8-18(25)23-12-5-10-20(23)9-4-11-21(19(20)26)14-15-27-2/h3,6-7H,4-5,8-15H2,1-2H3. The second kappa shape index (κ2) is 8.25. The predicted octanol–water partition coefficient (Wildman–Crippen LogP) is 1.18. The average Bonchev–Trinajstić information content (AvgIpc) is 3.07. The molecule has 2 fully saturated rings. The van der Waals surface area contributed by atoms with Gasteiger partial charge in [0.1, 0.15) is 5.54 Å². The molecule has 1 unspecified atom stereocenters. The van der Waals surface area contributed by atoms with E-state index in [2.05, 4.69) is 0 Å². The van der Waals surface area contributed by atoms with E-state index in [1.807, 2.05) is 17.9 Å². The van der Waals surface area contributed by atoms with Crippen LogP contribution in [0.2, 0.25) is 0 Å². The maximum atomic E-state index is 13.2. The normalized spacial score (nSPS) is 22.7. The first-order chi connectivity index (χ1) is 13.0. The molecule has 2 aliphatic rings. The maximum absolute atomic E-state index is 13.2. The number of amides is 2. The van der Waals surface area contributed by atoms with Gasteiger partial charge in [-0.25, -0.2) is 0 Å². The number of ether oxygens (including phenoxy) is 1. The molecule has 0 N–H and O–H groups in total. The largest absolute Gasteiger partial charge is 0.383 e. The van der Waals surface area contributed by atoms with Crippen molar-refractivity contribution in [3.63, 3.8) is 0 Å². The van der Waals surface area contributed by atoms with Gasteiger partial charge >= 0.3 is 0 Å². The summed E-state index contributed by atoms with van der Waals surface area (Å²) in [6.07, 6.45) is 3.44. The van der Waals surface area contributed by atoms with Gasteiger partial charge in [0.05, 0.1) is 6.61 Å². The minimum absolute atomic E-state index is 0.0374. The molecular formula is C20H29N3O4. The highest BCUT2D eigenvalue weighted by Gasteiger charge is 2.52. The lowest BCUT2D eigenvalue weighted by Gasteiger charge is -2.44. The van der Waals surface area contributed by atoms with Crippen LogP contribution in [-0.2, 0) is 20.9 Å². The minimum atomic E-state index is -0.695. The van der Waals surface area contributed by atoms with Crippen molar-refractivity contribution in [2.75, 3.05) is 33.4 Å². The van der Waals surface area contributed by atoms with Gasteiger partial charge in [0.15, 0.2) is 0 Å². The van der Waals surface area contributed by atoms with E-state index in [4.69, 9.17) is 4.74 Å².